The van der Waals surface area contributed by atoms with Crippen molar-refractivity contribution in [1.29, 1.82) is 0 Å². The predicted octanol–water partition coefficient (Wildman–Crippen LogP) is 3.61. The number of nitrogens with one attached hydrogen (secondary N) is 1. The van der Waals surface area contributed by atoms with E-state index in [9.17, 15) is 14.4 Å². The SMILES string of the molecule is CCOC(=O)c1ccn(-c2ccc(NC(=O)N3CCN(c4ccc(C(C)=O)cc4)CC3)cc2)n1. The fraction of sp³-hybridized carbons (Fsp3) is 0.280. The summed E-state index contributed by atoms with van der Waals surface area (Å²) in [6.45, 7) is 6.23. The number of carbonyl (C=O) groups is 3. The zero-order chi connectivity index (χ0) is 24.1. The lowest BCUT2D eigenvalue weighted by atomic mass is 10.1. The van der Waals surface area contributed by atoms with Crippen LogP contribution in [0.15, 0.2) is 60.8 Å². The first kappa shape index (κ1) is 23.0. The van der Waals surface area contributed by atoms with Crippen molar-refractivity contribution in [3.05, 3.63) is 72.1 Å². The van der Waals surface area contributed by atoms with Crippen molar-refractivity contribution in [3.63, 3.8) is 0 Å². The number of anilines is 2. The normalized spacial score (nSPS) is 13.5. The zero-order valence-electron chi connectivity index (χ0n) is 19.2. The van der Waals surface area contributed by atoms with Gasteiger partial charge in [0.15, 0.2) is 11.5 Å². The lowest BCUT2D eigenvalue weighted by molar-refractivity contribution is 0.0518. The molecule has 0 radical (unpaired) electrons. The summed E-state index contributed by atoms with van der Waals surface area (Å²) in [5.74, 6) is -0.412. The van der Waals surface area contributed by atoms with Gasteiger partial charge in [-0.15, -0.1) is 0 Å². The second kappa shape index (κ2) is 10.2. The van der Waals surface area contributed by atoms with Gasteiger partial charge in [0.25, 0.3) is 0 Å². The van der Waals surface area contributed by atoms with Crippen molar-refractivity contribution >= 4 is 29.2 Å². The van der Waals surface area contributed by atoms with Gasteiger partial charge in [-0.1, -0.05) is 0 Å². The van der Waals surface area contributed by atoms with E-state index in [1.54, 1.807) is 47.8 Å². The van der Waals surface area contributed by atoms with Crippen molar-refractivity contribution in [1.82, 2.24) is 14.7 Å². The van der Waals surface area contributed by atoms with Gasteiger partial charge in [-0.3, -0.25) is 4.79 Å². The van der Waals surface area contributed by atoms with Crippen LogP contribution < -0.4 is 10.2 Å². The quantitative estimate of drug-likeness (QED) is 0.445. The Morgan fingerprint density at radius 3 is 2.18 bits per heavy atom. The zero-order valence-corrected chi connectivity index (χ0v) is 19.2. The van der Waals surface area contributed by atoms with Gasteiger partial charge in [-0.25, -0.2) is 14.3 Å². The van der Waals surface area contributed by atoms with Crippen LogP contribution in [0.25, 0.3) is 5.69 Å². The molecule has 9 nitrogen and oxygen atoms in total. The fourth-order valence-corrected chi connectivity index (χ4v) is 3.76. The Morgan fingerprint density at radius 1 is 0.912 bits per heavy atom. The summed E-state index contributed by atoms with van der Waals surface area (Å²) in [6.07, 6.45) is 1.69. The molecule has 4 rings (SSSR count). The van der Waals surface area contributed by atoms with Crippen molar-refractivity contribution in [3.8, 4) is 5.69 Å². The first-order chi connectivity index (χ1) is 16.4. The van der Waals surface area contributed by atoms with Gasteiger partial charge in [0.1, 0.15) is 0 Å². The molecule has 2 aromatic carbocycles. The topological polar surface area (TPSA) is 96.8 Å². The van der Waals surface area contributed by atoms with E-state index in [4.69, 9.17) is 4.74 Å². The molecular weight excluding hydrogens is 434 g/mol. The van der Waals surface area contributed by atoms with Gasteiger partial charge < -0.3 is 19.9 Å². The van der Waals surface area contributed by atoms with E-state index in [-0.39, 0.29) is 17.5 Å². The molecule has 1 aromatic heterocycles. The molecule has 0 saturated carbocycles. The van der Waals surface area contributed by atoms with Crippen LogP contribution in [0.1, 0.15) is 34.7 Å². The number of hydrogen-bond donors (Lipinski definition) is 1. The maximum Gasteiger partial charge on any atom is 0.358 e. The number of piperazine rings is 1. The van der Waals surface area contributed by atoms with Crippen LogP contribution in [0, 0.1) is 0 Å². The second-order valence-electron chi connectivity index (χ2n) is 7.92. The second-order valence-corrected chi connectivity index (χ2v) is 7.92. The minimum absolute atomic E-state index is 0.0483. The molecule has 2 amide bonds. The number of amides is 2. The Labute approximate surface area is 197 Å². The summed E-state index contributed by atoms with van der Waals surface area (Å²) >= 11 is 0. The average molecular weight is 462 g/mol. The highest BCUT2D eigenvalue weighted by Gasteiger charge is 2.21. The minimum atomic E-state index is -0.460. The number of nitrogens with zero attached hydrogens (tertiary/aromatic N) is 4. The number of carbonyl (C=O) groups excluding carboxylic acids is 3. The van der Waals surface area contributed by atoms with Crippen LogP contribution >= 0.6 is 0 Å². The summed E-state index contributed by atoms with van der Waals surface area (Å²) in [5, 5.41) is 7.17. The molecule has 1 N–H and O–H groups in total. The summed E-state index contributed by atoms with van der Waals surface area (Å²) in [4.78, 5) is 39.9. The van der Waals surface area contributed by atoms with Gasteiger partial charge in [0.2, 0.25) is 0 Å². The van der Waals surface area contributed by atoms with E-state index in [1.807, 2.05) is 36.4 Å². The van der Waals surface area contributed by atoms with E-state index in [2.05, 4.69) is 15.3 Å². The molecule has 1 saturated heterocycles. The molecule has 0 aliphatic carbocycles. The van der Waals surface area contributed by atoms with Gasteiger partial charge in [0.05, 0.1) is 12.3 Å². The predicted molar refractivity (Wildman–Crippen MR) is 129 cm³/mol. The Morgan fingerprint density at radius 2 is 1.56 bits per heavy atom. The maximum atomic E-state index is 12.7. The van der Waals surface area contributed by atoms with Crippen molar-refractivity contribution in [2.75, 3.05) is 43.0 Å². The van der Waals surface area contributed by atoms with Crippen molar-refractivity contribution in [2.24, 2.45) is 0 Å². The van der Waals surface area contributed by atoms with Crippen LogP contribution in [0.2, 0.25) is 0 Å². The lowest BCUT2D eigenvalue weighted by Crippen LogP contribution is -2.50. The van der Waals surface area contributed by atoms with Crippen LogP contribution in [-0.4, -0.2) is 65.2 Å². The third-order valence-electron chi connectivity index (χ3n) is 5.66. The summed E-state index contributed by atoms with van der Waals surface area (Å²) in [7, 11) is 0. The van der Waals surface area contributed by atoms with Crippen molar-refractivity contribution < 1.29 is 19.1 Å². The number of ketones is 1. The number of urea groups is 1. The molecule has 0 spiro atoms. The largest absolute Gasteiger partial charge is 0.461 e. The van der Waals surface area contributed by atoms with E-state index in [0.29, 0.717) is 44.0 Å². The number of benzene rings is 2. The van der Waals surface area contributed by atoms with Crippen molar-refractivity contribution in [2.45, 2.75) is 13.8 Å². The third kappa shape index (κ3) is 5.25. The lowest BCUT2D eigenvalue weighted by Gasteiger charge is -2.36. The molecule has 1 aliphatic heterocycles. The Hall–Kier alpha value is -4.14. The molecule has 9 heteroatoms. The van der Waals surface area contributed by atoms with Crippen LogP contribution in [0.4, 0.5) is 16.2 Å². The highest BCUT2D eigenvalue weighted by Crippen LogP contribution is 2.19. The number of ether oxygens (including phenoxy) is 1. The van der Waals surface area contributed by atoms with Crippen LogP contribution in [0.3, 0.4) is 0 Å². The van der Waals surface area contributed by atoms with E-state index < -0.39 is 5.97 Å². The Balaban J connectivity index is 1.30. The first-order valence-corrected chi connectivity index (χ1v) is 11.2. The standard InChI is InChI=1S/C25H27N5O4/c1-3-34-24(32)23-12-13-30(27-23)22-10-6-20(7-11-22)26-25(33)29-16-14-28(15-17-29)21-8-4-19(5-9-21)18(2)31/h4-13H,3,14-17H2,1-2H3,(H,26,33). The number of aromatic nitrogens is 2. The number of Topliss-reactive ketones (excluding diaryl/α,β-unsaturated/α-hetero) is 1. The highest BCUT2D eigenvalue weighted by atomic mass is 16.5. The van der Waals surface area contributed by atoms with Gasteiger partial charge >= 0.3 is 12.0 Å². The molecule has 0 atom stereocenters. The van der Waals surface area contributed by atoms with Gasteiger partial charge in [-0.05, 0) is 68.4 Å². The minimum Gasteiger partial charge on any atom is -0.461 e. The van der Waals surface area contributed by atoms with E-state index in [1.165, 1.54) is 0 Å². The molecule has 176 valence electrons. The number of esters is 1. The molecule has 1 fully saturated rings. The van der Waals surface area contributed by atoms with Crippen LogP contribution in [-0.2, 0) is 4.74 Å². The number of hydrogen-bond acceptors (Lipinski definition) is 6. The van der Waals surface area contributed by atoms with E-state index in [0.717, 1.165) is 11.4 Å². The molecule has 1 aliphatic rings. The molecule has 3 aromatic rings. The molecule has 0 bridgehead atoms. The molecule has 34 heavy (non-hydrogen) atoms. The summed E-state index contributed by atoms with van der Waals surface area (Å²) in [6, 6.07) is 16.3. The summed E-state index contributed by atoms with van der Waals surface area (Å²) in [5.41, 5.74) is 3.42. The number of rotatable bonds is 6. The van der Waals surface area contributed by atoms with Crippen LogP contribution in [0.5, 0.6) is 0 Å². The third-order valence-corrected chi connectivity index (χ3v) is 5.66. The average Bonchev–Trinajstić information content (AvgIpc) is 3.35. The van der Waals surface area contributed by atoms with Gasteiger partial charge in [0, 0.05) is 49.3 Å². The monoisotopic (exact) mass is 461 g/mol. The Bertz CT molecular complexity index is 1160. The van der Waals surface area contributed by atoms with Gasteiger partial charge in [-0.2, -0.15) is 5.10 Å². The molecular formula is C25H27N5O4. The first-order valence-electron chi connectivity index (χ1n) is 11.2. The smallest absolute Gasteiger partial charge is 0.358 e. The Kier molecular flexibility index (Phi) is 6.91. The maximum absolute atomic E-state index is 12.7. The molecule has 2 heterocycles. The molecule has 0 unspecified atom stereocenters. The highest BCUT2D eigenvalue weighted by molar-refractivity contribution is 5.94. The summed E-state index contributed by atoms with van der Waals surface area (Å²) < 4.78 is 6.54. The van der Waals surface area contributed by atoms with E-state index >= 15 is 0 Å². The fourth-order valence-electron chi connectivity index (χ4n) is 3.76.